The molecule has 12 heteroatoms. The van der Waals surface area contributed by atoms with E-state index in [1.165, 1.54) is 0 Å². The topological polar surface area (TPSA) is 104 Å². The number of nitriles is 2. The van der Waals surface area contributed by atoms with Crippen molar-refractivity contribution in [3.05, 3.63) is 161 Å². The minimum atomic E-state index is -0.336. The van der Waals surface area contributed by atoms with E-state index in [-0.39, 0.29) is 20.1 Å². The summed E-state index contributed by atoms with van der Waals surface area (Å²) < 4.78 is 26.9. The molecule has 0 radical (unpaired) electrons. The number of fused-ring (bicyclic) bond motifs is 12. The molecule has 0 bridgehead atoms. The highest BCUT2D eigenvalue weighted by molar-refractivity contribution is 7.03. The Labute approximate surface area is 381 Å². The molecule has 8 aromatic carbocycles. The molecule has 0 unspecified atom stereocenters. The van der Waals surface area contributed by atoms with E-state index in [1.54, 1.807) is 12.1 Å². The number of para-hydroxylation sites is 2. The van der Waals surface area contributed by atoms with Crippen molar-refractivity contribution < 1.29 is 18.9 Å². The number of aryl methyl sites for hydroxylation is 3. The predicted molar refractivity (Wildman–Crippen MR) is 261 cm³/mol. The third kappa shape index (κ3) is 4.84. The van der Waals surface area contributed by atoms with Gasteiger partial charge in [-0.1, -0.05) is 66.2 Å². The Bertz CT molecular complexity index is 3750. The first-order valence-corrected chi connectivity index (χ1v) is 21.9. The lowest BCUT2D eigenvalue weighted by Crippen LogP contribution is -2.64. The molecule has 304 valence electrons. The lowest BCUT2D eigenvalue weighted by Gasteiger charge is -2.43. The number of rotatable bonds is 1. The minimum absolute atomic E-state index is 0.197. The first-order chi connectivity index (χ1) is 32.3. The largest absolute Gasteiger partial charge is 0.460 e. The summed E-state index contributed by atoms with van der Waals surface area (Å²) in [6, 6.07) is 45.5. The Kier molecular flexibility index (Phi) is 7.18. The molecule has 0 saturated heterocycles. The van der Waals surface area contributed by atoms with Crippen LogP contribution >= 0.6 is 0 Å². The zero-order chi connectivity index (χ0) is 44.3. The molecule has 0 spiro atoms. The molecule has 0 atom stereocenters. The molecule has 0 saturated carbocycles. The van der Waals surface area contributed by atoms with Crippen LogP contribution in [0.2, 0.25) is 0 Å². The summed E-state index contributed by atoms with van der Waals surface area (Å²) >= 11 is 0. The Morgan fingerprint density at radius 3 is 1.68 bits per heavy atom. The van der Waals surface area contributed by atoms with E-state index in [4.69, 9.17) is 25.5 Å². The van der Waals surface area contributed by atoms with E-state index in [0.29, 0.717) is 51.3 Å². The molecule has 0 fully saturated rings. The van der Waals surface area contributed by atoms with E-state index in [2.05, 4.69) is 96.5 Å². The Balaban J connectivity index is 1.07. The van der Waals surface area contributed by atoms with Gasteiger partial charge >= 0.3 is 0 Å². The number of ether oxygens (including phenoxy) is 4. The highest BCUT2D eigenvalue weighted by Crippen LogP contribution is 2.47. The van der Waals surface area contributed by atoms with Crippen LogP contribution in [0.25, 0.3) is 4.85 Å². The van der Waals surface area contributed by atoms with Crippen LogP contribution in [-0.2, 0) is 0 Å². The number of hydrogen-bond acceptors (Lipinski definition) is 8. The van der Waals surface area contributed by atoms with Crippen molar-refractivity contribution in [2.24, 2.45) is 0 Å². The van der Waals surface area contributed by atoms with Crippen molar-refractivity contribution in [3.63, 3.8) is 0 Å². The Morgan fingerprint density at radius 2 is 1.05 bits per heavy atom. The van der Waals surface area contributed by atoms with Crippen molar-refractivity contribution >= 4 is 103 Å². The lowest BCUT2D eigenvalue weighted by atomic mass is 9.30. The number of nitrogens with one attached hydrogen (secondary N) is 1. The maximum atomic E-state index is 10.6. The van der Waals surface area contributed by atoms with Gasteiger partial charge in [0.1, 0.15) is 46.0 Å². The average molecular weight is 845 g/mol. The van der Waals surface area contributed by atoms with Crippen molar-refractivity contribution in [3.8, 4) is 58.1 Å². The molecular formula is C54H30B3N5O4. The van der Waals surface area contributed by atoms with Gasteiger partial charge < -0.3 is 29.2 Å². The van der Waals surface area contributed by atoms with Crippen LogP contribution in [0, 0.1) is 50.0 Å². The molecule has 6 aliphatic rings. The molecule has 8 aromatic rings. The molecular weight excluding hydrogens is 815 g/mol. The fourth-order valence-electron chi connectivity index (χ4n) is 11.7. The van der Waals surface area contributed by atoms with Gasteiger partial charge in [-0.15, -0.1) is 0 Å². The molecule has 66 heavy (non-hydrogen) atoms. The maximum absolute atomic E-state index is 10.6. The molecule has 0 aliphatic carbocycles. The van der Waals surface area contributed by atoms with E-state index >= 15 is 0 Å². The number of benzene rings is 8. The van der Waals surface area contributed by atoms with Gasteiger partial charge in [-0.25, -0.2) is 4.85 Å². The first-order valence-electron chi connectivity index (χ1n) is 21.9. The van der Waals surface area contributed by atoms with Gasteiger partial charge in [-0.3, -0.25) is 0 Å². The van der Waals surface area contributed by atoms with Gasteiger partial charge in [0.25, 0.3) is 20.1 Å². The van der Waals surface area contributed by atoms with Gasteiger partial charge in [-0.2, -0.15) is 10.5 Å². The van der Waals surface area contributed by atoms with Gasteiger partial charge in [0.15, 0.2) is 5.69 Å². The molecule has 1 N–H and O–H groups in total. The van der Waals surface area contributed by atoms with Crippen LogP contribution in [-0.4, -0.2) is 20.1 Å². The standard InChI is InChI=1S/C54H30B3N5O4/c1-27-13-28(2)54(29(3)14-27)62-41-23-39-35(55-33-9-5-7-11-43(33)63-47-17-30(25-58)15-40(61-39)51(47)55)21-36(41)57-38-22-37-45(24-46(38)65-48-18-31(26-59)16-42(62)52(48)57)66-50-20-32(60-4)19-49-53(50)56(37)34-10-6-8-12-44(34)64-49/h5-24,61H,1-3H3. The third-order valence-corrected chi connectivity index (χ3v) is 14.1. The highest BCUT2D eigenvalue weighted by atomic mass is 16.5. The minimum Gasteiger partial charge on any atom is -0.460 e. The second-order valence-corrected chi connectivity index (χ2v) is 18.0. The van der Waals surface area contributed by atoms with E-state index in [9.17, 15) is 10.5 Å². The van der Waals surface area contributed by atoms with Gasteiger partial charge in [0, 0.05) is 34.3 Å². The zero-order valence-electron chi connectivity index (χ0n) is 35.7. The summed E-state index contributed by atoms with van der Waals surface area (Å²) in [5.41, 5.74) is 18.4. The normalized spacial score (nSPS) is 13.8. The summed E-state index contributed by atoms with van der Waals surface area (Å²) in [5.74, 6) is 5.21. The third-order valence-electron chi connectivity index (χ3n) is 14.1. The van der Waals surface area contributed by atoms with Crippen molar-refractivity contribution in [2.45, 2.75) is 20.8 Å². The summed E-state index contributed by atoms with van der Waals surface area (Å²) in [7, 11) is 0. The lowest BCUT2D eigenvalue weighted by molar-refractivity contribution is 0.456. The molecule has 14 rings (SSSR count). The zero-order valence-corrected chi connectivity index (χ0v) is 35.7. The first kappa shape index (κ1) is 36.7. The molecule has 9 nitrogen and oxygen atoms in total. The van der Waals surface area contributed by atoms with E-state index in [0.717, 1.165) is 106 Å². The van der Waals surface area contributed by atoms with Crippen LogP contribution in [0.1, 0.15) is 27.8 Å². The number of anilines is 5. The summed E-state index contributed by atoms with van der Waals surface area (Å²) in [4.78, 5) is 6.08. The Morgan fingerprint density at radius 1 is 0.500 bits per heavy atom. The van der Waals surface area contributed by atoms with Gasteiger partial charge in [0.2, 0.25) is 0 Å². The van der Waals surface area contributed by atoms with E-state index in [1.807, 2.05) is 60.7 Å². The quantitative estimate of drug-likeness (QED) is 0.144. The van der Waals surface area contributed by atoms with Crippen molar-refractivity contribution in [1.29, 1.82) is 10.5 Å². The SMILES string of the molecule is [C-]#[N+]c1cc2c3c(c1)Oc1cc4c(cc1B3c1ccccc1O2)B1c2cc3c(cc2N(c2c(C)cc(C)cc2C)c2cc(C#N)cc(c21)O4)Nc1cc(C#N)cc2c1B3c1ccccc1O2. The maximum Gasteiger partial charge on any atom is 0.260 e. The van der Waals surface area contributed by atoms with Crippen LogP contribution in [0.15, 0.2) is 121 Å². The van der Waals surface area contributed by atoms with Crippen LogP contribution < -0.4 is 78.3 Å². The predicted octanol–water partition coefficient (Wildman–Crippen LogP) is 6.72. The van der Waals surface area contributed by atoms with Crippen molar-refractivity contribution in [2.75, 3.05) is 10.2 Å². The second-order valence-electron chi connectivity index (χ2n) is 18.0. The molecule has 6 aliphatic heterocycles. The summed E-state index contributed by atoms with van der Waals surface area (Å²) in [6.07, 6.45) is 0. The average Bonchev–Trinajstić information content (AvgIpc) is 3.32. The summed E-state index contributed by atoms with van der Waals surface area (Å²) in [6.45, 7) is 13.5. The van der Waals surface area contributed by atoms with Gasteiger partial charge in [-0.05, 0) is 130 Å². The van der Waals surface area contributed by atoms with Crippen LogP contribution in [0.4, 0.5) is 34.1 Å². The van der Waals surface area contributed by atoms with E-state index < -0.39 is 0 Å². The Hall–Kier alpha value is -8.78. The molecule has 0 amide bonds. The molecule has 0 aromatic heterocycles. The summed E-state index contributed by atoms with van der Waals surface area (Å²) in [5, 5.41) is 24.6. The van der Waals surface area contributed by atoms with Crippen LogP contribution in [0.5, 0.6) is 46.0 Å². The monoisotopic (exact) mass is 845 g/mol. The number of nitrogens with zero attached hydrogens (tertiary/aromatic N) is 4. The molecule has 6 heterocycles. The fraction of sp³-hybridized carbons (Fsp3) is 0.0556. The van der Waals surface area contributed by atoms with Crippen LogP contribution in [0.3, 0.4) is 0 Å². The second kappa shape index (κ2) is 12.9. The number of hydrogen-bond donors (Lipinski definition) is 1. The van der Waals surface area contributed by atoms with Crippen molar-refractivity contribution in [1.82, 2.24) is 0 Å². The highest BCUT2D eigenvalue weighted by Gasteiger charge is 2.48. The fourth-order valence-corrected chi connectivity index (χ4v) is 11.7. The van der Waals surface area contributed by atoms with Gasteiger partial charge in [0.05, 0.1) is 35.5 Å². The smallest absolute Gasteiger partial charge is 0.260 e.